The van der Waals surface area contributed by atoms with Crippen LogP contribution in [0.2, 0.25) is 0 Å². The Morgan fingerprint density at radius 1 is 0.375 bits per heavy atom. The van der Waals surface area contributed by atoms with E-state index in [2.05, 4.69) is 68.0 Å². The average Bonchev–Trinajstić information content (AvgIpc) is 3.08. The Kier molecular flexibility index (Phi) is 53.8. The predicted octanol–water partition coefficient (Wildman–Crippen LogP) is 7.48. The molecule has 56 heavy (non-hydrogen) atoms. The number of carbonyl (C=O) groups excluding carboxylic acids is 4. The summed E-state index contributed by atoms with van der Waals surface area (Å²) in [5, 5.41) is 39.7. The molecule has 0 aromatic rings. The van der Waals surface area contributed by atoms with Crippen LogP contribution in [-0.2, 0) is 19.2 Å². The largest absolute Gasteiger partial charge is 0.549 e. The number of unbranched alkanes of at least 4 members (excludes halogenated alkanes) is 8. The van der Waals surface area contributed by atoms with Crippen LogP contribution in [-0.4, -0.2) is 86.6 Å². The molecule has 0 aliphatic rings. The molecule has 0 spiro atoms. The van der Waals surface area contributed by atoms with E-state index in [-0.39, 0.29) is 40.2 Å². The molecule has 0 saturated carbocycles. The Bertz CT molecular complexity index is 824. The second-order valence-electron chi connectivity index (χ2n) is 16.1. The maximum Gasteiger partial charge on any atom is 0.0541 e. The molecule has 335 valence electrons. The Balaban J connectivity index is -0.000000205. The van der Waals surface area contributed by atoms with Gasteiger partial charge in [-0.3, -0.25) is 0 Å². The van der Waals surface area contributed by atoms with Crippen molar-refractivity contribution in [1.82, 2.24) is 0 Å². The van der Waals surface area contributed by atoms with E-state index in [1.54, 1.807) is 20.8 Å². The molecule has 4 unspecified atom stereocenters. The molecule has 0 heterocycles. The molecule has 0 aliphatic heterocycles. The van der Waals surface area contributed by atoms with E-state index in [1.165, 1.54) is 106 Å². The standard InChI is InChI=1S/3C11H22O2S.C10H20O2S.Sb/c3*1-9(2)7-5-4-6-8-14-10(3)11(12)13;1-8(2)6-4-3-5-7-9(13)10(11)12;/h3*9-10H,4-8H2,1-3H3,(H,12,13);8-9,13H,3-7H2,1-2H3,(H,11,12);/p-4. The number of aliphatic carboxylic acids is 4. The van der Waals surface area contributed by atoms with Gasteiger partial charge >= 0.3 is 0 Å². The summed E-state index contributed by atoms with van der Waals surface area (Å²) in [5.41, 5.74) is 0. The zero-order valence-electron chi connectivity index (χ0n) is 37.1. The summed E-state index contributed by atoms with van der Waals surface area (Å²) in [6, 6.07) is 0. The second-order valence-corrected chi connectivity index (χ2v) is 21.1. The molecule has 13 heteroatoms. The monoisotopic (exact) mass is 975 g/mol. The van der Waals surface area contributed by atoms with Gasteiger partial charge in [0.25, 0.3) is 0 Å². The minimum Gasteiger partial charge on any atom is -0.549 e. The van der Waals surface area contributed by atoms with Gasteiger partial charge in [0, 0.05) is 45.4 Å². The van der Waals surface area contributed by atoms with Gasteiger partial charge in [-0.2, -0.15) is 47.9 Å². The maximum absolute atomic E-state index is 10.4. The van der Waals surface area contributed by atoms with Crippen LogP contribution >= 0.6 is 47.9 Å². The molecule has 8 nitrogen and oxygen atoms in total. The van der Waals surface area contributed by atoms with Crippen LogP contribution in [0.5, 0.6) is 0 Å². The summed E-state index contributed by atoms with van der Waals surface area (Å²) in [6.45, 7) is 22.8. The SMILES string of the molecule is CC(C)CCCCCC(S)C(=O)[O-].CC(C)CCCCCSC(C)C(=O)[O-].CC(C)CCCCCSC(C)C(=O)[O-].CC(C)CCCCCSC(C)C(=O)[O-].[Sb]. The first kappa shape index (κ1) is 65.2. The van der Waals surface area contributed by atoms with E-state index < -0.39 is 29.1 Å². The zero-order valence-corrected chi connectivity index (χ0v) is 43.0. The number of thiol groups is 1. The normalized spacial score (nSPS) is 12.9. The Labute approximate surface area is 380 Å². The molecule has 0 aliphatic carbocycles. The third-order valence-electron chi connectivity index (χ3n) is 8.41. The second kappa shape index (κ2) is 46.2. The van der Waals surface area contributed by atoms with Gasteiger partial charge in [0.05, 0.1) is 23.9 Å². The van der Waals surface area contributed by atoms with Crippen molar-refractivity contribution in [3.8, 4) is 0 Å². The Hall–Kier alpha value is 0.0982. The Morgan fingerprint density at radius 2 is 0.589 bits per heavy atom. The summed E-state index contributed by atoms with van der Waals surface area (Å²) in [7, 11) is 0. The third kappa shape index (κ3) is 58.4. The van der Waals surface area contributed by atoms with Crippen LogP contribution in [0.15, 0.2) is 0 Å². The van der Waals surface area contributed by atoms with Crippen LogP contribution in [0, 0.1) is 23.7 Å². The summed E-state index contributed by atoms with van der Waals surface area (Å²) in [6.07, 6.45) is 19.7. The molecule has 0 aromatic carbocycles. The molecular formula is C43H82O8S4Sb-4. The van der Waals surface area contributed by atoms with Crippen molar-refractivity contribution in [2.75, 3.05) is 17.3 Å². The first-order valence-electron chi connectivity index (χ1n) is 21.0. The smallest absolute Gasteiger partial charge is 0.0541 e. The van der Waals surface area contributed by atoms with Crippen LogP contribution < -0.4 is 20.4 Å². The number of hydrogen-bond donors (Lipinski definition) is 1. The van der Waals surface area contributed by atoms with Gasteiger partial charge in [-0.1, -0.05) is 139 Å². The van der Waals surface area contributed by atoms with Crippen molar-refractivity contribution in [2.24, 2.45) is 23.7 Å². The third-order valence-corrected chi connectivity index (χ3v) is 12.5. The molecule has 0 saturated heterocycles. The van der Waals surface area contributed by atoms with Crippen molar-refractivity contribution >= 4 is 96.2 Å². The van der Waals surface area contributed by atoms with Gasteiger partial charge in [-0.25, -0.2) is 0 Å². The molecule has 3 radical (unpaired) electrons. The number of carboxylic acids is 4. The molecule has 4 atom stereocenters. The van der Waals surface area contributed by atoms with Crippen LogP contribution in [0.3, 0.4) is 0 Å². The van der Waals surface area contributed by atoms with Crippen LogP contribution in [0.25, 0.3) is 0 Å². The number of carbonyl (C=O) groups is 4. The van der Waals surface area contributed by atoms with Crippen molar-refractivity contribution in [1.29, 1.82) is 0 Å². The number of carboxylic acid groups (broad SMARTS) is 4. The number of rotatable bonds is 31. The summed E-state index contributed by atoms with van der Waals surface area (Å²) < 4.78 is 0. The van der Waals surface area contributed by atoms with Gasteiger partial charge in [0.15, 0.2) is 0 Å². The van der Waals surface area contributed by atoms with Gasteiger partial charge < -0.3 is 39.6 Å². The van der Waals surface area contributed by atoms with Crippen LogP contribution in [0.4, 0.5) is 0 Å². The van der Waals surface area contributed by atoms with E-state index in [9.17, 15) is 39.6 Å². The van der Waals surface area contributed by atoms with Crippen molar-refractivity contribution < 1.29 is 39.6 Å². The first-order valence-corrected chi connectivity index (χ1v) is 24.7. The van der Waals surface area contributed by atoms with Crippen LogP contribution in [0.1, 0.15) is 185 Å². The minimum absolute atomic E-state index is 0. The number of thioether (sulfide) groups is 3. The van der Waals surface area contributed by atoms with E-state index in [1.807, 2.05) is 0 Å². The molecule has 0 amide bonds. The molecule has 0 fully saturated rings. The van der Waals surface area contributed by atoms with E-state index in [4.69, 9.17) is 0 Å². The average molecular weight is 977 g/mol. The Morgan fingerprint density at radius 3 is 0.786 bits per heavy atom. The van der Waals surface area contributed by atoms with Gasteiger partial charge in [-0.15, -0.1) is 0 Å². The maximum atomic E-state index is 10.4. The summed E-state index contributed by atoms with van der Waals surface area (Å²) in [4.78, 5) is 41.4. The fraction of sp³-hybridized carbons (Fsp3) is 0.907. The molecular weight excluding hydrogens is 894 g/mol. The fourth-order valence-corrected chi connectivity index (χ4v) is 7.43. The van der Waals surface area contributed by atoms with Gasteiger partial charge in [0.2, 0.25) is 0 Å². The van der Waals surface area contributed by atoms with Crippen molar-refractivity contribution in [3.05, 3.63) is 0 Å². The minimum atomic E-state index is -1.05. The van der Waals surface area contributed by atoms with Gasteiger partial charge in [0.1, 0.15) is 0 Å². The van der Waals surface area contributed by atoms with E-state index in [0.29, 0.717) is 6.42 Å². The van der Waals surface area contributed by atoms with E-state index >= 15 is 0 Å². The molecule has 0 aromatic heterocycles. The molecule has 0 N–H and O–H groups in total. The quantitative estimate of drug-likeness (QED) is 0.0417. The first-order chi connectivity index (χ1) is 25.6. The van der Waals surface area contributed by atoms with Gasteiger partial charge in [-0.05, 0) is 87.4 Å². The van der Waals surface area contributed by atoms with Crippen molar-refractivity contribution in [2.45, 2.75) is 206 Å². The fourth-order valence-electron chi connectivity index (χ4n) is 4.66. The van der Waals surface area contributed by atoms with Crippen molar-refractivity contribution in [3.63, 3.8) is 0 Å². The summed E-state index contributed by atoms with van der Waals surface area (Å²) in [5.74, 6) is 2.01. The molecule has 0 rings (SSSR count). The zero-order chi connectivity index (χ0) is 43.2. The molecule has 0 bridgehead atoms. The predicted molar refractivity (Wildman–Crippen MR) is 242 cm³/mol. The summed E-state index contributed by atoms with van der Waals surface area (Å²) >= 11 is 8.35. The van der Waals surface area contributed by atoms with E-state index in [0.717, 1.165) is 73.0 Å². The number of hydrogen-bond acceptors (Lipinski definition) is 12. The topological polar surface area (TPSA) is 161 Å².